The number of ether oxygens (including phenoxy) is 1. The number of aromatic nitrogens is 2. The Bertz CT molecular complexity index is 1100. The van der Waals surface area contributed by atoms with Gasteiger partial charge in [-0.15, -0.1) is 11.3 Å². The number of ketones is 1. The predicted octanol–water partition coefficient (Wildman–Crippen LogP) is 4.34. The number of nitrogens with zero attached hydrogens (tertiary/aromatic N) is 2. The summed E-state index contributed by atoms with van der Waals surface area (Å²) in [4.78, 5) is 32.8. The van der Waals surface area contributed by atoms with Crippen LogP contribution in [0.1, 0.15) is 40.6 Å². The van der Waals surface area contributed by atoms with E-state index in [1.165, 1.54) is 22.2 Å². The quantitative estimate of drug-likeness (QED) is 0.327. The van der Waals surface area contributed by atoms with Crippen LogP contribution in [0.25, 0.3) is 10.2 Å². The third-order valence-corrected chi connectivity index (χ3v) is 7.14. The van der Waals surface area contributed by atoms with E-state index in [1.807, 2.05) is 19.1 Å². The van der Waals surface area contributed by atoms with Crippen molar-refractivity contribution in [3.8, 4) is 5.75 Å². The van der Waals surface area contributed by atoms with Crippen molar-refractivity contribution >= 4 is 39.1 Å². The molecule has 4 rings (SSSR count). The van der Waals surface area contributed by atoms with E-state index in [4.69, 9.17) is 9.72 Å². The van der Waals surface area contributed by atoms with Crippen LogP contribution in [0.4, 0.5) is 0 Å². The third-order valence-electron chi connectivity index (χ3n) is 4.98. The summed E-state index contributed by atoms with van der Waals surface area (Å²) in [6.45, 7) is 2.65. The van der Waals surface area contributed by atoms with Crippen molar-refractivity contribution in [3.63, 3.8) is 0 Å². The molecule has 2 aromatic heterocycles. The molecule has 0 radical (unpaired) electrons. The molecule has 28 heavy (non-hydrogen) atoms. The molecule has 3 aromatic rings. The van der Waals surface area contributed by atoms with Gasteiger partial charge in [0.1, 0.15) is 10.6 Å². The van der Waals surface area contributed by atoms with Crippen LogP contribution in [0.5, 0.6) is 5.75 Å². The van der Waals surface area contributed by atoms with Crippen LogP contribution < -0.4 is 10.3 Å². The van der Waals surface area contributed by atoms with Crippen LogP contribution in [0.3, 0.4) is 0 Å². The van der Waals surface area contributed by atoms with Crippen molar-refractivity contribution in [3.05, 3.63) is 50.6 Å². The summed E-state index contributed by atoms with van der Waals surface area (Å²) in [6, 6.07) is 7.21. The van der Waals surface area contributed by atoms with Gasteiger partial charge in [-0.25, -0.2) is 4.98 Å². The van der Waals surface area contributed by atoms with Crippen molar-refractivity contribution in [1.29, 1.82) is 0 Å². The fourth-order valence-corrected chi connectivity index (χ4v) is 5.88. The maximum atomic E-state index is 13.2. The minimum Gasteiger partial charge on any atom is -0.496 e. The lowest BCUT2D eigenvalue weighted by atomic mass is 10.1. The summed E-state index contributed by atoms with van der Waals surface area (Å²) in [5.41, 5.74) is 1.79. The van der Waals surface area contributed by atoms with Gasteiger partial charge in [0.15, 0.2) is 10.9 Å². The molecule has 0 saturated heterocycles. The number of fused-ring (bicyclic) bond motifs is 3. The highest BCUT2D eigenvalue weighted by Crippen LogP contribution is 2.35. The minimum atomic E-state index is -0.0338. The van der Waals surface area contributed by atoms with E-state index in [0.717, 1.165) is 35.9 Å². The highest BCUT2D eigenvalue weighted by Gasteiger charge is 2.23. The number of thioether (sulfide) groups is 1. The molecule has 0 spiro atoms. The Hall–Kier alpha value is -2.12. The molecule has 1 aliphatic carbocycles. The lowest BCUT2D eigenvalue weighted by Gasteiger charge is -2.12. The van der Waals surface area contributed by atoms with Crippen molar-refractivity contribution in [2.24, 2.45) is 0 Å². The van der Waals surface area contributed by atoms with E-state index in [9.17, 15) is 9.59 Å². The van der Waals surface area contributed by atoms with Crippen molar-refractivity contribution in [1.82, 2.24) is 9.55 Å². The molecule has 0 saturated carbocycles. The number of carbonyl (C=O) groups is 1. The summed E-state index contributed by atoms with van der Waals surface area (Å²) >= 11 is 2.97. The summed E-state index contributed by atoms with van der Waals surface area (Å²) < 4.78 is 7.04. The first-order valence-corrected chi connectivity index (χ1v) is 11.3. The molecule has 0 N–H and O–H groups in total. The minimum absolute atomic E-state index is 0.0338. The predicted molar refractivity (Wildman–Crippen MR) is 114 cm³/mol. The summed E-state index contributed by atoms with van der Waals surface area (Å²) in [5, 5.41) is 1.42. The van der Waals surface area contributed by atoms with Crippen LogP contribution in [-0.4, -0.2) is 28.2 Å². The topological polar surface area (TPSA) is 61.2 Å². The second-order valence-corrected chi connectivity index (χ2v) is 8.83. The van der Waals surface area contributed by atoms with Crippen LogP contribution >= 0.6 is 23.1 Å². The number of Topliss-reactive ketones (excluding diaryl/α,β-unsaturated/α-hetero) is 1. The molecule has 0 atom stereocenters. The lowest BCUT2D eigenvalue weighted by molar-refractivity contribution is 0.101. The van der Waals surface area contributed by atoms with Crippen molar-refractivity contribution < 1.29 is 9.53 Å². The van der Waals surface area contributed by atoms with Crippen molar-refractivity contribution in [2.45, 2.75) is 44.3 Å². The zero-order chi connectivity index (χ0) is 19.7. The molecule has 2 heterocycles. The van der Waals surface area contributed by atoms with Gasteiger partial charge in [-0.3, -0.25) is 14.2 Å². The molecule has 7 heteroatoms. The standard InChI is InChI=1S/C21H22N2O3S2/c1-3-11-23-20(25)18-14-8-6-10-17(14)28-19(18)22-21(23)27-12-15(24)13-7-4-5-9-16(13)26-2/h4-5,7,9H,3,6,8,10-12H2,1-2H3. The molecule has 1 aromatic carbocycles. The maximum absolute atomic E-state index is 13.2. The second kappa shape index (κ2) is 8.09. The molecule has 0 aliphatic heterocycles. The SMILES string of the molecule is CCCn1c(SCC(=O)c2ccccc2OC)nc2sc3c(c2c1=O)CCC3. The van der Waals surface area contributed by atoms with E-state index in [1.54, 1.807) is 35.1 Å². The molecular weight excluding hydrogens is 392 g/mol. The Morgan fingerprint density at radius 3 is 2.93 bits per heavy atom. The van der Waals surface area contributed by atoms with Gasteiger partial charge in [0.05, 0.1) is 23.8 Å². The number of thiophene rings is 1. The van der Waals surface area contributed by atoms with Gasteiger partial charge in [0.25, 0.3) is 5.56 Å². The van der Waals surface area contributed by atoms with Crippen LogP contribution in [-0.2, 0) is 19.4 Å². The number of hydrogen-bond acceptors (Lipinski definition) is 6. The fourth-order valence-electron chi connectivity index (χ4n) is 3.67. The first-order chi connectivity index (χ1) is 13.6. The average Bonchev–Trinajstić information content (AvgIpc) is 3.29. The number of aryl methyl sites for hydroxylation is 2. The number of rotatable bonds is 7. The van der Waals surface area contributed by atoms with Crippen LogP contribution in [0, 0.1) is 0 Å². The number of para-hydroxylation sites is 1. The Balaban J connectivity index is 1.67. The fraction of sp³-hybridized carbons (Fsp3) is 0.381. The third kappa shape index (κ3) is 3.37. The number of benzene rings is 1. The summed E-state index contributed by atoms with van der Waals surface area (Å²) in [7, 11) is 1.56. The summed E-state index contributed by atoms with van der Waals surface area (Å²) in [5.74, 6) is 0.748. The van der Waals surface area contributed by atoms with Gasteiger partial charge >= 0.3 is 0 Å². The van der Waals surface area contributed by atoms with E-state index < -0.39 is 0 Å². The van der Waals surface area contributed by atoms with Gasteiger partial charge in [-0.2, -0.15) is 0 Å². The Morgan fingerprint density at radius 2 is 2.14 bits per heavy atom. The smallest absolute Gasteiger partial charge is 0.263 e. The van der Waals surface area contributed by atoms with E-state index >= 15 is 0 Å². The number of methoxy groups -OCH3 is 1. The Kier molecular flexibility index (Phi) is 5.55. The maximum Gasteiger partial charge on any atom is 0.263 e. The first-order valence-electron chi connectivity index (χ1n) is 9.48. The first kappa shape index (κ1) is 19.2. The summed E-state index contributed by atoms with van der Waals surface area (Å²) in [6.07, 6.45) is 3.97. The monoisotopic (exact) mass is 414 g/mol. The van der Waals surface area contributed by atoms with Gasteiger partial charge in [-0.1, -0.05) is 30.8 Å². The molecular formula is C21H22N2O3S2. The molecule has 1 aliphatic rings. The molecule has 0 amide bonds. The van der Waals surface area contributed by atoms with Gasteiger partial charge < -0.3 is 4.74 Å². The Morgan fingerprint density at radius 1 is 1.32 bits per heavy atom. The van der Waals surface area contributed by atoms with E-state index in [0.29, 0.717) is 23.0 Å². The number of carbonyl (C=O) groups excluding carboxylic acids is 1. The normalized spacial score (nSPS) is 13.1. The highest BCUT2D eigenvalue weighted by molar-refractivity contribution is 7.99. The van der Waals surface area contributed by atoms with Crippen LogP contribution in [0.15, 0.2) is 34.2 Å². The van der Waals surface area contributed by atoms with Crippen LogP contribution in [0.2, 0.25) is 0 Å². The van der Waals surface area contributed by atoms with Gasteiger partial charge in [-0.05, 0) is 43.4 Å². The zero-order valence-corrected chi connectivity index (χ0v) is 17.6. The Labute approximate surface area is 171 Å². The largest absolute Gasteiger partial charge is 0.496 e. The highest BCUT2D eigenvalue weighted by atomic mass is 32.2. The molecule has 0 fully saturated rings. The van der Waals surface area contributed by atoms with Crippen molar-refractivity contribution in [2.75, 3.05) is 12.9 Å². The lowest BCUT2D eigenvalue weighted by Crippen LogP contribution is -2.23. The van der Waals surface area contributed by atoms with E-state index in [-0.39, 0.29) is 17.1 Å². The molecule has 5 nitrogen and oxygen atoms in total. The average molecular weight is 415 g/mol. The van der Waals surface area contributed by atoms with E-state index in [2.05, 4.69) is 0 Å². The number of hydrogen-bond donors (Lipinski definition) is 0. The van der Waals surface area contributed by atoms with Gasteiger partial charge in [0, 0.05) is 11.4 Å². The van der Waals surface area contributed by atoms with Gasteiger partial charge in [0.2, 0.25) is 0 Å². The molecule has 0 bridgehead atoms. The molecule has 0 unspecified atom stereocenters. The molecule has 146 valence electrons. The second-order valence-electron chi connectivity index (χ2n) is 6.80. The zero-order valence-electron chi connectivity index (χ0n) is 16.0.